The fourth-order valence-electron chi connectivity index (χ4n) is 3.05. The summed E-state index contributed by atoms with van der Waals surface area (Å²) in [5.74, 6) is 1.09. The first kappa shape index (κ1) is 19.3. The minimum atomic E-state index is 0.0474. The first-order valence-corrected chi connectivity index (χ1v) is 9.44. The Labute approximate surface area is 150 Å². The van der Waals surface area contributed by atoms with Gasteiger partial charge >= 0.3 is 0 Å². The van der Waals surface area contributed by atoms with E-state index in [0.717, 1.165) is 44.4 Å². The molecule has 0 saturated carbocycles. The lowest BCUT2D eigenvalue weighted by molar-refractivity contribution is -0.136. The number of nitrogens with one attached hydrogen (secondary N) is 1. The largest absolute Gasteiger partial charge is 0.493 e. The number of para-hydroxylation sites is 1. The third kappa shape index (κ3) is 6.77. The Bertz CT molecular complexity index is 525. The molecule has 138 valence electrons. The number of carbonyl (C=O) groups is 2. The van der Waals surface area contributed by atoms with Crippen molar-refractivity contribution in [1.82, 2.24) is 10.2 Å². The fourth-order valence-corrected chi connectivity index (χ4v) is 3.05. The Hall–Kier alpha value is -2.04. The zero-order valence-corrected chi connectivity index (χ0v) is 15.2. The van der Waals surface area contributed by atoms with Gasteiger partial charge in [0.05, 0.1) is 13.0 Å². The van der Waals surface area contributed by atoms with Crippen molar-refractivity contribution in [2.75, 3.05) is 26.2 Å². The molecule has 1 aromatic rings. The first-order valence-electron chi connectivity index (χ1n) is 9.44. The average Bonchev–Trinajstić information content (AvgIpc) is 2.66. The van der Waals surface area contributed by atoms with Crippen LogP contribution in [0.3, 0.4) is 0 Å². The summed E-state index contributed by atoms with van der Waals surface area (Å²) in [6.07, 6.45) is 5.24. The monoisotopic (exact) mass is 346 g/mol. The molecule has 5 heteroatoms. The molecule has 1 fully saturated rings. The van der Waals surface area contributed by atoms with Gasteiger partial charge < -0.3 is 15.0 Å². The molecule has 1 aliphatic heterocycles. The maximum atomic E-state index is 12.3. The summed E-state index contributed by atoms with van der Waals surface area (Å²) >= 11 is 0. The van der Waals surface area contributed by atoms with E-state index in [1.54, 1.807) is 0 Å². The lowest BCUT2D eigenvalue weighted by Gasteiger charge is -2.31. The van der Waals surface area contributed by atoms with Crippen molar-refractivity contribution in [3.05, 3.63) is 30.3 Å². The van der Waals surface area contributed by atoms with Crippen LogP contribution in [-0.4, -0.2) is 43.0 Å². The highest BCUT2D eigenvalue weighted by Gasteiger charge is 2.26. The van der Waals surface area contributed by atoms with Gasteiger partial charge in [-0.05, 0) is 31.4 Å². The molecule has 2 amide bonds. The van der Waals surface area contributed by atoms with Crippen molar-refractivity contribution < 1.29 is 14.3 Å². The normalized spacial score (nSPS) is 15.0. The maximum Gasteiger partial charge on any atom is 0.225 e. The first-order chi connectivity index (χ1) is 12.2. The van der Waals surface area contributed by atoms with Crippen molar-refractivity contribution >= 4 is 11.8 Å². The number of carbonyl (C=O) groups excluding carboxylic acids is 2. The molecule has 0 aromatic heterocycles. The van der Waals surface area contributed by atoms with Crippen molar-refractivity contribution in [2.45, 2.75) is 45.4 Å². The zero-order valence-electron chi connectivity index (χ0n) is 15.2. The second-order valence-corrected chi connectivity index (χ2v) is 6.56. The third-order valence-corrected chi connectivity index (χ3v) is 4.63. The maximum absolute atomic E-state index is 12.3. The number of likely N-dealkylation sites (tertiary alicyclic amines) is 1. The fraction of sp³-hybridized carbons (Fsp3) is 0.600. The number of piperidine rings is 1. The number of nitrogens with zero attached hydrogens (tertiary/aromatic N) is 1. The van der Waals surface area contributed by atoms with Crippen LogP contribution >= 0.6 is 0 Å². The molecule has 0 radical (unpaired) electrons. The Balaban J connectivity index is 1.62. The van der Waals surface area contributed by atoms with Gasteiger partial charge in [0.1, 0.15) is 5.75 Å². The van der Waals surface area contributed by atoms with Gasteiger partial charge in [0, 0.05) is 25.6 Å². The summed E-state index contributed by atoms with van der Waals surface area (Å²) < 4.78 is 5.58. The van der Waals surface area contributed by atoms with Crippen LogP contribution in [0.1, 0.15) is 45.4 Å². The average molecular weight is 346 g/mol. The SMILES string of the molecule is CCCCCNC(=O)C1CCN(C(=O)CCOc2ccccc2)CC1. The van der Waals surface area contributed by atoms with Gasteiger partial charge in [0.15, 0.2) is 0 Å². The standard InChI is InChI=1S/C20H30N2O3/c1-2-3-7-13-21-20(24)17-10-14-22(15-11-17)19(23)12-16-25-18-8-5-4-6-9-18/h4-6,8-9,17H,2-3,7,10-16H2,1H3,(H,21,24). The van der Waals surface area contributed by atoms with Crippen molar-refractivity contribution in [1.29, 1.82) is 0 Å². The minimum absolute atomic E-state index is 0.0474. The molecule has 0 bridgehead atoms. The summed E-state index contributed by atoms with van der Waals surface area (Å²) in [4.78, 5) is 26.2. The summed E-state index contributed by atoms with van der Waals surface area (Å²) in [6, 6.07) is 9.52. The summed E-state index contributed by atoms with van der Waals surface area (Å²) in [5, 5.41) is 3.02. The number of amides is 2. The second-order valence-electron chi connectivity index (χ2n) is 6.56. The highest BCUT2D eigenvalue weighted by molar-refractivity contribution is 5.80. The Morgan fingerprint density at radius 3 is 2.56 bits per heavy atom. The van der Waals surface area contributed by atoms with Crippen LogP contribution in [-0.2, 0) is 9.59 Å². The lowest BCUT2D eigenvalue weighted by Crippen LogP contribution is -2.43. The van der Waals surface area contributed by atoms with E-state index in [0.29, 0.717) is 26.1 Å². The van der Waals surface area contributed by atoms with Crippen molar-refractivity contribution in [2.24, 2.45) is 5.92 Å². The van der Waals surface area contributed by atoms with E-state index in [9.17, 15) is 9.59 Å². The Morgan fingerprint density at radius 1 is 1.16 bits per heavy atom. The number of ether oxygens (including phenoxy) is 1. The summed E-state index contributed by atoms with van der Waals surface area (Å²) in [5.41, 5.74) is 0. The number of rotatable bonds is 9. The molecule has 2 rings (SSSR count). The Morgan fingerprint density at radius 2 is 1.88 bits per heavy atom. The molecule has 1 aromatic carbocycles. The molecule has 0 spiro atoms. The van der Waals surface area contributed by atoms with E-state index in [1.165, 1.54) is 0 Å². The number of hydrogen-bond donors (Lipinski definition) is 1. The lowest BCUT2D eigenvalue weighted by atomic mass is 9.95. The van der Waals surface area contributed by atoms with Gasteiger partial charge in [0.25, 0.3) is 0 Å². The number of unbranched alkanes of at least 4 members (excludes halogenated alkanes) is 2. The van der Waals surface area contributed by atoms with Crippen LogP contribution < -0.4 is 10.1 Å². The third-order valence-electron chi connectivity index (χ3n) is 4.63. The van der Waals surface area contributed by atoms with Crippen LogP contribution in [0.15, 0.2) is 30.3 Å². The van der Waals surface area contributed by atoms with E-state index in [4.69, 9.17) is 4.74 Å². The predicted molar refractivity (Wildman–Crippen MR) is 98.4 cm³/mol. The summed E-state index contributed by atoms with van der Waals surface area (Å²) in [6.45, 7) is 4.64. The second kappa shape index (κ2) is 10.7. The molecule has 1 heterocycles. The van der Waals surface area contributed by atoms with Crippen LogP contribution in [0, 0.1) is 5.92 Å². The number of hydrogen-bond acceptors (Lipinski definition) is 3. The highest BCUT2D eigenvalue weighted by Crippen LogP contribution is 2.18. The molecule has 25 heavy (non-hydrogen) atoms. The minimum Gasteiger partial charge on any atom is -0.493 e. The van der Waals surface area contributed by atoms with Crippen LogP contribution in [0.5, 0.6) is 5.75 Å². The van der Waals surface area contributed by atoms with E-state index >= 15 is 0 Å². The highest BCUT2D eigenvalue weighted by atomic mass is 16.5. The number of benzene rings is 1. The Kier molecular flexibility index (Phi) is 8.29. The van der Waals surface area contributed by atoms with E-state index < -0.39 is 0 Å². The van der Waals surface area contributed by atoms with Gasteiger partial charge in [-0.15, -0.1) is 0 Å². The molecular formula is C20H30N2O3. The molecule has 1 N–H and O–H groups in total. The van der Waals surface area contributed by atoms with Crippen LogP contribution in [0.25, 0.3) is 0 Å². The van der Waals surface area contributed by atoms with Crippen LogP contribution in [0.4, 0.5) is 0 Å². The molecular weight excluding hydrogens is 316 g/mol. The predicted octanol–water partition coefficient (Wildman–Crippen LogP) is 3.00. The smallest absolute Gasteiger partial charge is 0.225 e. The molecule has 0 unspecified atom stereocenters. The van der Waals surface area contributed by atoms with E-state index in [2.05, 4.69) is 12.2 Å². The van der Waals surface area contributed by atoms with Crippen molar-refractivity contribution in [3.8, 4) is 5.75 Å². The van der Waals surface area contributed by atoms with E-state index in [-0.39, 0.29) is 17.7 Å². The quantitative estimate of drug-likeness (QED) is 0.699. The molecule has 1 aliphatic rings. The van der Waals surface area contributed by atoms with Gasteiger partial charge in [-0.25, -0.2) is 0 Å². The zero-order chi connectivity index (χ0) is 17.9. The molecule has 1 saturated heterocycles. The van der Waals surface area contributed by atoms with Gasteiger partial charge in [-0.2, -0.15) is 0 Å². The van der Waals surface area contributed by atoms with Gasteiger partial charge in [-0.1, -0.05) is 38.0 Å². The van der Waals surface area contributed by atoms with Gasteiger partial charge in [0.2, 0.25) is 11.8 Å². The topological polar surface area (TPSA) is 58.6 Å². The molecule has 0 atom stereocenters. The molecule has 5 nitrogen and oxygen atoms in total. The molecule has 0 aliphatic carbocycles. The van der Waals surface area contributed by atoms with E-state index in [1.807, 2.05) is 35.2 Å². The van der Waals surface area contributed by atoms with Crippen molar-refractivity contribution in [3.63, 3.8) is 0 Å². The summed E-state index contributed by atoms with van der Waals surface area (Å²) in [7, 11) is 0. The van der Waals surface area contributed by atoms with Crippen LogP contribution in [0.2, 0.25) is 0 Å². The van der Waals surface area contributed by atoms with Gasteiger partial charge in [-0.3, -0.25) is 9.59 Å².